The summed E-state index contributed by atoms with van der Waals surface area (Å²) in [5, 5.41) is 22.6. The second-order valence-corrected chi connectivity index (χ2v) is 7.66. The Labute approximate surface area is 193 Å². The summed E-state index contributed by atoms with van der Waals surface area (Å²) >= 11 is 5.93. The van der Waals surface area contributed by atoms with Gasteiger partial charge < -0.3 is 9.84 Å². The Morgan fingerprint density at radius 1 is 1.00 bits per heavy atom. The van der Waals surface area contributed by atoms with Gasteiger partial charge in [-0.05, 0) is 66.2 Å². The van der Waals surface area contributed by atoms with E-state index in [0.717, 1.165) is 0 Å². The lowest BCUT2D eigenvalue weighted by Gasteiger charge is -2.25. The molecule has 1 aliphatic heterocycles. The molecule has 0 saturated carbocycles. The molecule has 3 aromatic rings. The summed E-state index contributed by atoms with van der Waals surface area (Å²) < 4.78 is 5.16. The Kier molecular flexibility index (Phi) is 5.85. The Bertz CT molecular complexity index is 1270. The van der Waals surface area contributed by atoms with Crippen LogP contribution in [0.3, 0.4) is 0 Å². The third-order valence-electron chi connectivity index (χ3n) is 5.33. The highest BCUT2D eigenvalue weighted by atomic mass is 35.5. The first kappa shape index (κ1) is 22.0. The van der Waals surface area contributed by atoms with Crippen LogP contribution in [0.25, 0.3) is 5.76 Å². The molecule has 0 spiro atoms. The standard InChI is InChI=1S/C24H17ClN2O6/c1-33-19-12-10-17(11-13-19)26-21(14-4-8-18(9-5-14)27(31)32)20(23(29)24(26)30)22(28)15-2-6-16(25)7-3-15/h2-13,21,28H,1H3/t21-/m1/s1. The summed E-state index contributed by atoms with van der Waals surface area (Å²) in [6.45, 7) is 0. The summed E-state index contributed by atoms with van der Waals surface area (Å²) in [5.74, 6) is -1.52. The molecule has 1 saturated heterocycles. The van der Waals surface area contributed by atoms with Crippen LogP contribution >= 0.6 is 11.6 Å². The number of methoxy groups -OCH3 is 1. The maximum atomic E-state index is 13.1. The fourth-order valence-corrected chi connectivity index (χ4v) is 3.82. The van der Waals surface area contributed by atoms with E-state index < -0.39 is 22.7 Å². The molecule has 33 heavy (non-hydrogen) atoms. The highest BCUT2D eigenvalue weighted by molar-refractivity contribution is 6.51. The molecule has 166 valence electrons. The van der Waals surface area contributed by atoms with E-state index in [-0.39, 0.29) is 17.0 Å². The molecule has 1 fully saturated rings. The number of Topliss-reactive ketones (excluding diaryl/α,β-unsaturated/α-hetero) is 1. The molecule has 1 N–H and O–H groups in total. The summed E-state index contributed by atoms with van der Waals surface area (Å²) in [7, 11) is 1.50. The second-order valence-electron chi connectivity index (χ2n) is 7.22. The van der Waals surface area contributed by atoms with Crippen LogP contribution in [-0.2, 0) is 9.59 Å². The molecule has 8 nitrogen and oxygen atoms in total. The first-order valence-corrected chi connectivity index (χ1v) is 10.1. The minimum atomic E-state index is -1.00. The summed E-state index contributed by atoms with van der Waals surface area (Å²) in [4.78, 5) is 38.0. The Hall–Kier alpha value is -4.17. The van der Waals surface area contributed by atoms with Crippen LogP contribution in [0.5, 0.6) is 5.75 Å². The molecule has 1 atom stereocenters. The third kappa shape index (κ3) is 4.04. The summed E-state index contributed by atoms with van der Waals surface area (Å²) in [6, 6.07) is 17.2. The van der Waals surface area contributed by atoms with Crippen LogP contribution in [-0.4, -0.2) is 28.8 Å². The maximum Gasteiger partial charge on any atom is 0.300 e. The van der Waals surface area contributed by atoms with Crippen LogP contribution < -0.4 is 9.64 Å². The van der Waals surface area contributed by atoms with Gasteiger partial charge in [0, 0.05) is 28.4 Å². The molecule has 0 unspecified atom stereocenters. The smallest absolute Gasteiger partial charge is 0.300 e. The molecule has 0 aliphatic carbocycles. The number of hydrogen-bond donors (Lipinski definition) is 1. The van der Waals surface area contributed by atoms with Crippen molar-refractivity contribution in [2.75, 3.05) is 12.0 Å². The van der Waals surface area contributed by atoms with E-state index in [1.54, 1.807) is 36.4 Å². The topological polar surface area (TPSA) is 110 Å². The van der Waals surface area contributed by atoms with Gasteiger partial charge in [-0.25, -0.2) is 0 Å². The average Bonchev–Trinajstić information content (AvgIpc) is 3.09. The zero-order valence-corrected chi connectivity index (χ0v) is 18.0. The molecule has 1 aliphatic rings. The number of carbonyl (C=O) groups is 2. The normalized spacial score (nSPS) is 17.3. The van der Waals surface area contributed by atoms with Crippen LogP contribution in [0.4, 0.5) is 11.4 Å². The van der Waals surface area contributed by atoms with Gasteiger partial charge in [0.15, 0.2) is 0 Å². The van der Waals surface area contributed by atoms with E-state index in [1.807, 2.05) is 0 Å². The number of amides is 1. The Morgan fingerprint density at radius 2 is 1.61 bits per heavy atom. The number of aliphatic hydroxyl groups is 1. The van der Waals surface area contributed by atoms with Crippen molar-refractivity contribution in [3.8, 4) is 5.75 Å². The number of nitro benzene ring substituents is 1. The Morgan fingerprint density at radius 3 is 2.15 bits per heavy atom. The van der Waals surface area contributed by atoms with E-state index in [2.05, 4.69) is 0 Å². The van der Waals surface area contributed by atoms with Crippen molar-refractivity contribution < 1.29 is 24.4 Å². The van der Waals surface area contributed by atoms with Crippen LogP contribution in [0.15, 0.2) is 78.4 Å². The number of carbonyl (C=O) groups excluding carboxylic acids is 2. The van der Waals surface area contributed by atoms with Gasteiger partial charge in [-0.3, -0.25) is 24.6 Å². The molecule has 3 aromatic carbocycles. The zero-order valence-electron chi connectivity index (χ0n) is 17.3. The van der Waals surface area contributed by atoms with Crippen molar-refractivity contribution >= 4 is 40.4 Å². The van der Waals surface area contributed by atoms with Crippen LogP contribution in [0.1, 0.15) is 17.2 Å². The van der Waals surface area contributed by atoms with Gasteiger partial charge in [0.2, 0.25) is 0 Å². The predicted molar refractivity (Wildman–Crippen MR) is 122 cm³/mol. The molecule has 9 heteroatoms. The average molecular weight is 465 g/mol. The van der Waals surface area contributed by atoms with E-state index in [9.17, 15) is 24.8 Å². The maximum absolute atomic E-state index is 13.1. The number of hydrogen-bond acceptors (Lipinski definition) is 6. The first-order chi connectivity index (χ1) is 15.8. The number of anilines is 1. The first-order valence-electron chi connectivity index (χ1n) is 9.77. The highest BCUT2D eigenvalue weighted by Gasteiger charge is 2.47. The van der Waals surface area contributed by atoms with Crippen molar-refractivity contribution in [2.45, 2.75) is 6.04 Å². The van der Waals surface area contributed by atoms with E-state index in [1.165, 1.54) is 48.4 Å². The number of benzene rings is 3. The lowest BCUT2D eigenvalue weighted by Crippen LogP contribution is -2.29. The van der Waals surface area contributed by atoms with E-state index in [4.69, 9.17) is 16.3 Å². The number of non-ortho nitro benzene ring substituents is 1. The predicted octanol–water partition coefficient (Wildman–Crippen LogP) is 4.88. The molecule has 0 radical (unpaired) electrons. The number of nitro groups is 1. The summed E-state index contributed by atoms with van der Waals surface area (Å²) in [6.07, 6.45) is 0. The van der Waals surface area contributed by atoms with Crippen molar-refractivity contribution in [3.63, 3.8) is 0 Å². The van der Waals surface area contributed by atoms with Gasteiger partial charge in [-0.1, -0.05) is 11.6 Å². The minimum Gasteiger partial charge on any atom is -0.507 e. The lowest BCUT2D eigenvalue weighted by atomic mass is 9.95. The number of ketones is 1. The number of nitrogens with zero attached hydrogens (tertiary/aromatic N) is 2. The van der Waals surface area contributed by atoms with Gasteiger partial charge >= 0.3 is 0 Å². The number of ether oxygens (including phenoxy) is 1. The van der Waals surface area contributed by atoms with Gasteiger partial charge in [-0.15, -0.1) is 0 Å². The monoisotopic (exact) mass is 464 g/mol. The number of aliphatic hydroxyl groups excluding tert-OH is 1. The molecule has 4 rings (SSSR count). The molecule has 0 aromatic heterocycles. The SMILES string of the molecule is COc1ccc(N2C(=O)C(=O)C(=C(O)c3ccc(Cl)cc3)[C@H]2c2ccc([N+](=O)[O-])cc2)cc1. The fourth-order valence-electron chi connectivity index (χ4n) is 3.70. The minimum absolute atomic E-state index is 0.132. The van der Waals surface area contributed by atoms with Gasteiger partial charge in [0.1, 0.15) is 11.5 Å². The molecular weight excluding hydrogens is 448 g/mol. The second kappa shape index (κ2) is 8.76. The molecule has 1 amide bonds. The van der Waals surface area contributed by atoms with Crippen molar-refractivity contribution in [3.05, 3.63) is 105 Å². The quantitative estimate of drug-likeness (QED) is 0.189. The highest BCUT2D eigenvalue weighted by Crippen LogP contribution is 2.42. The van der Waals surface area contributed by atoms with Gasteiger partial charge in [0.05, 0.1) is 23.6 Å². The lowest BCUT2D eigenvalue weighted by molar-refractivity contribution is -0.384. The molecular formula is C24H17ClN2O6. The van der Waals surface area contributed by atoms with Crippen LogP contribution in [0, 0.1) is 10.1 Å². The summed E-state index contributed by atoms with van der Waals surface area (Å²) in [5.41, 5.74) is 0.853. The fraction of sp³-hybridized carbons (Fsp3) is 0.0833. The van der Waals surface area contributed by atoms with Crippen LogP contribution in [0.2, 0.25) is 5.02 Å². The Balaban J connectivity index is 1.91. The third-order valence-corrected chi connectivity index (χ3v) is 5.58. The van der Waals surface area contributed by atoms with Crippen molar-refractivity contribution in [1.29, 1.82) is 0 Å². The van der Waals surface area contributed by atoms with Gasteiger partial charge in [-0.2, -0.15) is 0 Å². The molecule has 1 heterocycles. The zero-order chi connectivity index (χ0) is 23.7. The van der Waals surface area contributed by atoms with E-state index in [0.29, 0.717) is 27.6 Å². The van der Waals surface area contributed by atoms with E-state index >= 15 is 0 Å². The van der Waals surface area contributed by atoms with Crippen molar-refractivity contribution in [1.82, 2.24) is 0 Å². The van der Waals surface area contributed by atoms with Gasteiger partial charge in [0.25, 0.3) is 17.4 Å². The number of rotatable bonds is 5. The number of halogens is 1. The molecule has 0 bridgehead atoms. The largest absolute Gasteiger partial charge is 0.507 e. The van der Waals surface area contributed by atoms with Crippen molar-refractivity contribution in [2.24, 2.45) is 0 Å².